The molecule has 88 valence electrons. The normalized spacial score (nSPS) is 12.2. The summed E-state index contributed by atoms with van der Waals surface area (Å²) in [6.07, 6.45) is 0.552. The number of halogens is 1. The predicted molar refractivity (Wildman–Crippen MR) is 61.0 cm³/mol. The third kappa shape index (κ3) is 3.67. The van der Waals surface area contributed by atoms with E-state index in [0.717, 1.165) is 0 Å². The van der Waals surface area contributed by atoms with E-state index in [9.17, 15) is 4.79 Å². The number of hydrogen-bond donors (Lipinski definition) is 3. The van der Waals surface area contributed by atoms with Crippen molar-refractivity contribution in [1.82, 2.24) is 4.98 Å². The summed E-state index contributed by atoms with van der Waals surface area (Å²) in [5, 5.41) is 20.6. The van der Waals surface area contributed by atoms with E-state index in [4.69, 9.17) is 21.8 Å². The van der Waals surface area contributed by atoms with Crippen LogP contribution in [0.25, 0.3) is 0 Å². The van der Waals surface area contributed by atoms with Crippen molar-refractivity contribution in [2.24, 2.45) is 0 Å². The second-order valence-corrected chi connectivity index (χ2v) is 3.81. The lowest BCUT2D eigenvalue weighted by atomic mass is 10.2. The third-order valence-electron chi connectivity index (χ3n) is 2.00. The van der Waals surface area contributed by atoms with Gasteiger partial charge in [-0.2, -0.15) is 0 Å². The van der Waals surface area contributed by atoms with Crippen LogP contribution in [0.4, 0.5) is 5.82 Å². The van der Waals surface area contributed by atoms with Gasteiger partial charge >= 0.3 is 5.97 Å². The van der Waals surface area contributed by atoms with Crippen LogP contribution in [0.15, 0.2) is 12.1 Å². The molecule has 1 aromatic rings. The Labute approximate surface area is 98.1 Å². The number of carbonyl (C=O) groups is 1. The number of anilines is 1. The molecular weight excluding hydrogens is 232 g/mol. The highest BCUT2D eigenvalue weighted by molar-refractivity contribution is 6.29. The Bertz CT molecular complexity index is 384. The maximum absolute atomic E-state index is 10.8. The Balaban J connectivity index is 2.84. The Hall–Kier alpha value is -1.33. The maximum Gasteiger partial charge on any atom is 0.335 e. The Morgan fingerprint density at radius 3 is 2.88 bits per heavy atom. The van der Waals surface area contributed by atoms with Crippen molar-refractivity contribution in [1.29, 1.82) is 0 Å². The number of aliphatic hydroxyl groups is 1. The van der Waals surface area contributed by atoms with Crippen molar-refractivity contribution in [3.05, 3.63) is 22.8 Å². The Morgan fingerprint density at radius 1 is 1.62 bits per heavy atom. The minimum Gasteiger partial charge on any atom is -0.478 e. The summed E-state index contributed by atoms with van der Waals surface area (Å²) in [5.74, 6) is -0.659. The van der Waals surface area contributed by atoms with Gasteiger partial charge in [0, 0.05) is 12.6 Å². The van der Waals surface area contributed by atoms with Crippen LogP contribution in [0.1, 0.15) is 23.7 Å². The van der Waals surface area contributed by atoms with E-state index in [1.54, 1.807) is 0 Å². The molecule has 0 aliphatic rings. The standard InChI is InChI=1S/C10H13ClN2O3/c1-6(2-3-14)12-9-5-7(10(15)16)4-8(11)13-9/h4-6,14H,2-3H2,1H3,(H,12,13)(H,15,16). The summed E-state index contributed by atoms with van der Waals surface area (Å²) in [6, 6.07) is 2.69. The third-order valence-corrected chi connectivity index (χ3v) is 2.19. The van der Waals surface area contributed by atoms with Gasteiger partial charge in [-0.15, -0.1) is 0 Å². The number of aromatic nitrogens is 1. The van der Waals surface area contributed by atoms with Gasteiger partial charge in [-0.1, -0.05) is 11.6 Å². The molecule has 5 nitrogen and oxygen atoms in total. The first-order valence-electron chi connectivity index (χ1n) is 4.81. The lowest BCUT2D eigenvalue weighted by Crippen LogP contribution is -2.17. The summed E-state index contributed by atoms with van der Waals surface area (Å²) in [5.41, 5.74) is 0.0821. The summed E-state index contributed by atoms with van der Waals surface area (Å²) < 4.78 is 0. The van der Waals surface area contributed by atoms with Crippen molar-refractivity contribution in [3.8, 4) is 0 Å². The minimum absolute atomic E-state index is 0.00221. The molecule has 0 aliphatic carbocycles. The van der Waals surface area contributed by atoms with Gasteiger partial charge in [-0.05, 0) is 25.5 Å². The van der Waals surface area contributed by atoms with Crippen LogP contribution in [0.2, 0.25) is 5.15 Å². The highest BCUT2D eigenvalue weighted by Gasteiger charge is 2.09. The molecule has 0 saturated carbocycles. The average molecular weight is 245 g/mol. The molecule has 0 aliphatic heterocycles. The highest BCUT2D eigenvalue weighted by atomic mass is 35.5. The van der Waals surface area contributed by atoms with Crippen molar-refractivity contribution >= 4 is 23.4 Å². The van der Waals surface area contributed by atoms with Crippen molar-refractivity contribution in [3.63, 3.8) is 0 Å². The molecule has 1 heterocycles. The van der Waals surface area contributed by atoms with Gasteiger partial charge in [0.25, 0.3) is 0 Å². The first-order chi connectivity index (χ1) is 7.52. The molecule has 0 aromatic carbocycles. The second kappa shape index (κ2) is 5.67. The van der Waals surface area contributed by atoms with E-state index in [0.29, 0.717) is 12.2 Å². The fourth-order valence-electron chi connectivity index (χ4n) is 1.21. The first kappa shape index (κ1) is 12.7. The molecule has 3 N–H and O–H groups in total. The van der Waals surface area contributed by atoms with Gasteiger partial charge < -0.3 is 15.5 Å². The van der Waals surface area contributed by atoms with Gasteiger partial charge in [0.05, 0.1) is 5.56 Å². The second-order valence-electron chi connectivity index (χ2n) is 3.43. The molecule has 0 fully saturated rings. The Kier molecular flexibility index (Phi) is 4.52. The van der Waals surface area contributed by atoms with Gasteiger partial charge in [-0.3, -0.25) is 0 Å². The topological polar surface area (TPSA) is 82.5 Å². The van der Waals surface area contributed by atoms with Crippen LogP contribution < -0.4 is 5.32 Å². The zero-order valence-electron chi connectivity index (χ0n) is 8.77. The molecule has 1 aromatic heterocycles. The largest absolute Gasteiger partial charge is 0.478 e. The fraction of sp³-hybridized carbons (Fsp3) is 0.400. The number of aromatic carboxylic acids is 1. The molecule has 0 saturated heterocycles. The summed E-state index contributed by atoms with van der Waals surface area (Å²) >= 11 is 5.69. The zero-order valence-corrected chi connectivity index (χ0v) is 9.53. The molecule has 1 rings (SSSR count). The quantitative estimate of drug-likeness (QED) is 0.686. The van der Waals surface area contributed by atoms with Crippen LogP contribution in [-0.4, -0.2) is 33.8 Å². The van der Waals surface area contributed by atoms with Crippen LogP contribution in [0.3, 0.4) is 0 Å². The lowest BCUT2D eigenvalue weighted by Gasteiger charge is -2.13. The number of carboxylic acids is 1. The molecule has 16 heavy (non-hydrogen) atoms. The number of nitrogens with zero attached hydrogens (tertiary/aromatic N) is 1. The van der Waals surface area contributed by atoms with Gasteiger partial charge in [0.2, 0.25) is 0 Å². The predicted octanol–water partition coefficient (Wildman–Crippen LogP) is 1.62. The van der Waals surface area contributed by atoms with Gasteiger partial charge in [0.1, 0.15) is 11.0 Å². The molecule has 0 radical (unpaired) electrons. The SMILES string of the molecule is CC(CCO)Nc1cc(C(=O)O)cc(Cl)n1. The van der Waals surface area contributed by atoms with Crippen LogP contribution in [-0.2, 0) is 0 Å². The number of hydrogen-bond acceptors (Lipinski definition) is 4. The number of pyridine rings is 1. The Morgan fingerprint density at radius 2 is 2.31 bits per heavy atom. The fourth-order valence-corrected chi connectivity index (χ4v) is 1.42. The highest BCUT2D eigenvalue weighted by Crippen LogP contribution is 2.15. The zero-order chi connectivity index (χ0) is 12.1. The van der Waals surface area contributed by atoms with E-state index in [1.165, 1.54) is 12.1 Å². The first-order valence-corrected chi connectivity index (χ1v) is 5.19. The summed E-state index contributed by atoms with van der Waals surface area (Å²) in [7, 11) is 0. The minimum atomic E-state index is -1.05. The molecule has 6 heteroatoms. The number of nitrogens with one attached hydrogen (secondary N) is 1. The molecule has 0 bridgehead atoms. The molecule has 0 amide bonds. The smallest absolute Gasteiger partial charge is 0.335 e. The maximum atomic E-state index is 10.8. The van der Waals surface area contributed by atoms with Crippen molar-refractivity contribution in [2.45, 2.75) is 19.4 Å². The van der Waals surface area contributed by atoms with E-state index in [2.05, 4.69) is 10.3 Å². The molecule has 1 unspecified atom stereocenters. The lowest BCUT2D eigenvalue weighted by molar-refractivity contribution is 0.0697. The van der Waals surface area contributed by atoms with E-state index < -0.39 is 5.97 Å². The molecule has 0 spiro atoms. The number of carboxylic acid groups (broad SMARTS) is 1. The monoisotopic (exact) mass is 244 g/mol. The van der Waals surface area contributed by atoms with Crippen LogP contribution in [0.5, 0.6) is 0 Å². The van der Waals surface area contributed by atoms with E-state index in [1.807, 2.05) is 6.92 Å². The summed E-state index contributed by atoms with van der Waals surface area (Å²) in [6.45, 7) is 1.92. The van der Waals surface area contributed by atoms with Crippen LogP contribution in [0, 0.1) is 0 Å². The van der Waals surface area contributed by atoms with E-state index in [-0.39, 0.29) is 23.4 Å². The summed E-state index contributed by atoms with van der Waals surface area (Å²) in [4.78, 5) is 14.7. The van der Waals surface area contributed by atoms with Crippen molar-refractivity contribution < 1.29 is 15.0 Å². The molecule has 1 atom stereocenters. The molecular formula is C10H13ClN2O3. The van der Waals surface area contributed by atoms with Crippen LogP contribution >= 0.6 is 11.6 Å². The number of aliphatic hydroxyl groups excluding tert-OH is 1. The van der Waals surface area contributed by atoms with Crippen molar-refractivity contribution in [2.75, 3.05) is 11.9 Å². The van der Waals surface area contributed by atoms with Gasteiger partial charge in [-0.25, -0.2) is 9.78 Å². The number of rotatable bonds is 5. The van der Waals surface area contributed by atoms with E-state index >= 15 is 0 Å². The van der Waals surface area contributed by atoms with Gasteiger partial charge in [0.15, 0.2) is 0 Å². The average Bonchev–Trinajstić information content (AvgIpc) is 2.16.